The molecule has 0 aliphatic heterocycles. The van der Waals surface area contributed by atoms with Gasteiger partial charge in [-0.1, -0.05) is 23.2 Å². The lowest BCUT2D eigenvalue weighted by Crippen LogP contribution is -2.26. The average Bonchev–Trinajstić information content (AvgIpc) is 3.07. The van der Waals surface area contributed by atoms with E-state index in [0.29, 0.717) is 34.9 Å². The monoisotopic (exact) mass is 273 g/mol. The van der Waals surface area contributed by atoms with Crippen molar-refractivity contribution in [2.24, 2.45) is 0 Å². The van der Waals surface area contributed by atoms with Crippen LogP contribution in [-0.2, 0) is 4.79 Å². The Bertz CT molecular complexity index is 419. The van der Waals surface area contributed by atoms with Gasteiger partial charge in [0.2, 0.25) is 5.91 Å². The first kappa shape index (κ1) is 12.5. The van der Waals surface area contributed by atoms with E-state index < -0.39 is 0 Å². The third-order valence-electron chi connectivity index (χ3n) is 2.42. The number of benzene rings is 1. The molecule has 1 N–H and O–H groups in total. The maximum absolute atomic E-state index is 11.4. The van der Waals surface area contributed by atoms with Crippen molar-refractivity contribution in [3.05, 3.63) is 28.2 Å². The quantitative estimate of drug-likeness (QED) is 0.896. The van der Waals surface area contributed by atoms with Gasteiger partial charge in [-0.15, -0.1) is 0 Å². The molecule has 0 bridgehead atoms. The van der Waals surface area contributed by atoms with Crippen LogP contribution in [-0.4, -0.2) is 18.6 Å². The van der Waals surface area contributed by atoms with Crippen molar-refractivity contribution in [3.8, 4) is 5.75 Å². The van der Waals surface area contributed by atoms with Crippen LogP contribution in [0.5, 0.6) is 5.75 Å². The van der Waals surface area contributed by atoms with Crippen LogP contribution in [0.3, 0.4) is 0 Å². The number of hydrogen-bond donors (Lipinski definition) is 1. The van der Waals surface area contributed by atoms with Crippen LogP contribution in [0.4, 0.5) is 0 Å². The van der Waals surface area contributed by atoms with Crippen molar-refractivity contribution >= 4 is 29.1 Å². The fraction of sp³-hybridized carbons (Fsp3) is 0.417. The summed E-state index contributed by atoms with van der Waals surface area (Å²) in [6.45, 7) is 0.304. The van der Waals surface area contributed by atoms with Crippen molar-refractivity contribution in [1.82, 2.24) is 5.32 Å². The summed E-state index contributed by atoms with van der Waals surface area (Å²) in [5, 5.41) is 3.95. The fourth-order valence-corrected chi connectivity index (χ4v) is 1.70. The third-order valence-corrected chi connectivity index (χ3v) is 2.97. The first-order chi connectivity index (χ1) is 8.15. The molecule has 2 rings (SSSR count). The second kappa shape index (κ2) is 5.61. The van der Waals surface area contributed by atoms with Gasteiger partial charge in [-0.2, -0.15) is 0 Å². The summed E-state index contributed by atoms with van der Waals surface area (Å²) < 4.78 is 5.41. The molecule has 5 heteroatoms. The highest BCUT2D eigenvalue weighted by molar-refractivity contribution is 6.34. The molecule has 1 aromatic rings. The molecule has 0 unspecified atom stereocenters. The number of carbonyl (C=O) groups excluding carboxylic acids is 1. The smallest absolute Gasteiger partial charge is 0.223 e. The lowest BCUT2D eigenvalue weighted by molar-refractivity contribution is -0.121. The maximum atomic E-state index is 11.4. The summed E-state index contributed by atoms with van der Waals surface area (Å²) in [7, 11) is 0. The molecule has 1 aromatic carbocycles. The lowest BCUT2D eigenvalue weighted by atomic mass is 10.3. The fourth-order valence-electron chi connectivity index (χ4n) is 1.37. The van der Waals surface area contributed by atoms with Gasteiger partial charge in [0, 0.05) is 17.1 Å². The van der Waals surface area contributed by atoms with Gasteiger partial charge in [0.05, 0.1) is 18.1 Å². The molecule has 1 amide bonds. The molecular weight excluding hydrogens is 261 g/mol. The van der Waals surface area contributed by atoms with E-state index in [-0.39, 0.29) is 5.91 Å². The minimum atomic E-state index is 0.0191. The molecule has 17 heavy (non-hydrogen) atoms. The summed E-state index contributed by atoms with van der Waals surface area (Å²) in [5.74, 6) is 0.532. The topological polar surface area (TPSA) is 38.3 Å². The Morgan fingerprint density at radius 2 is 2.18 bits per heavy atom. The van der Waals surface area contributed by atoms with Gasteiger partial charge in [0.25, 0.3) is 0 Å². The van der Waals surface area contributed by atoms with Gasteiger partial charge < -0.3 is 10.1 Å². The molecule has 0 radical (unpaired) electrons. The normalized spacial score (nSPS) is 14.5. The zero-order valence-electron chi connectivity index (χ0n) is 9.21. The van der Waals surface area contributed by atoms with Crippen molar-refractivity contribution < 1.29 is 9.53 Å². The van der Waals surface area contributed by atoms with Gasteiger partial charge in [-0.05, 0) is 25.0 Å². The van der Waals surface area contributed by atoms with E-state index in [9.17, 15) is 4.79 Å². The number of halogens is 2. The number of rotatable bonds is 5. The molecule has 1 fully saturated rings. The van der Waals surface area contributed by atoms with E-state index >= 15 is 0 Å². The highest BCUT2D eigenvalue weighted by Gasteiger charge is 2.22. The van der Waals surface area contributed by atoms with Crippen LogP contribution in [0.15, 0.2) is 18.2 Å². The Hall–Kier alpha value is -0.930. The van der Waals surface area contributed by atoms with Crippen LogP contribution in [0.1, 0.15) is 19.3 Å². The molecule has 0 saturated heterocycles. The molecule has 1 aliphatic carbocycles. The zero-order chi connectivity index (χ0) is 12.3. The van der Waals surface area contributed by atoms with E-state index in [4.69, 9.17) is 27.9 Å². The van der Waals surface area contributed by atoms with Crippen molar-refractivity contribution in [2.75, 3.05) is 6.61 Å². The van der Waals surface area contributed by atoms with Gasteiger partial charge >= 0.3 is 0 Å². The molecule has 0 heterocycles. The summed E-state index contributed by atoms with van der Waals surface area (Å²) in [6.07, 6.45) is 2.51. The zero-order valence-corrected chi connectivity index (χ0v) is 10.7. The van der Waals surface area contributed by atoms with E-state index in [1.54, 1.807) is 18.2 Å². The summed E-state index contributed by atoms with van der Waals surface area (Å²) in [5.41, 5.74) is 0. The second-order valence-electron chi connectivity index (χ2n) is 4.01. The predicted octanol–water partition coefficient (Wildman–Crippen LogP) is 3.04. The maximum Gasteiger partial charge on any atom is 0.223 e. The molecule has 0 aromatic heterocycles. The lowest BCUT2D eigenvalue weighted by Gasteiger charge is -2.08. The molecule has 1 aliphatic rings. The van der Waals surface area contributed by atoms with Gasteiger partial charge in [-0.25, -0.2) is 0 Å². The minimum Gasteiger partial charge on any atom is -0.491 e. The van der Waals surface area contributed by atoms with Gasteiger partial charge in [0.15, 0.2) is 0 Å². The Morgan fingerprint density at radius 3 is 2.88 bits per heavy atom. The number of amides is 1. The highest BCUT2D eigenvalue weighted by Crippen LogP contribution is 2.27. The van der Waals surface area contributed by atoms with Crippen LogP contribution in [0, 0.1) is 0 Å². The molecular formula is C12H13Cl2NO2. The van der Waals surface area contributed by atoms with Crippen molar-refractivity contribution in [1.29, 1.82) is 0 Å². The number of nitrogens with one attached hydrogen (secondary N) is 1. The number of ether oxygens (including phenoxy) is 1. The van der Waals surface area contributed by atoms with E-state index in [0.717, 1.165) is 12.8 Å². The molecule has 0 atom stereocenters. The van der Waals surface area contributed by atoms with E-state index in [2.05, 4.69) is 5.32 Å². The second-order valence-corrected chi connectivity index (χ2v) is 4.86. The Labute approximate surface area is 110 Å². The molecule has 92 valence electrons. The first-order valence-electron chi connectivity index (χ1n) is 5.52. The van der Waals surface area contributed by atoms with Gasteiger partial charge in [-0.3, -0.25) is 4.79 Å². The standard InChI is InChI=1S/C12H13Cl2NO2/c13-8-1-4-10(14)11(7-8)17-6-5-12(16)15-9-2-3-9/h1,4,7,9H,2-3,5-6H2,(H,15,16). The van der Waals surface area contributed by atoms with E-state index in [1.807, 2.05) is 0 Å². The SMILES string of the molecule is O=C(CCOc1cc(Cl)ccc1Cl)NC1CC1. The van der Waals surface area contributed by atoms with Crippen LogP contribution in [0.2, 0.25) is 10.0 Å². The molecule has 3 nitrogen and oxygen atoms in total. The summed E-state index contributed by atoms with van der Waals surface area (Å²) in [6, 6.07) is 5.39. The molecule has 1 saturated carbocycles. The van der Waals surface area contributed by atoms with Crippen molar-refractivity contribution in [3.63, 3.8) is 0 Å². The van der Waals surface area contributed by atoms with Crippen LogP contribution >= 0.6 is 23.2 Å². The van der Waals surface area contributed by atoms with E-state index in [1.165, 1.54) is 0 Å². The molecule has 0 spiro atoms. The number of hydrogen-bond acceptors (Lipinski definition) is 2. The van der Waals surface area contributed by atoms with Gasteiger partial charge in [0.1, 0.15) is 5.75 Å². The van der Waals surface area contributed by atoms with Crippen LogP contribution in [0.25, 0.3) is 0 Å². The minimum absolute atomic E-state index is 0.0191. The highest BCUT2D eigenvalue weighted by atomic mass is 35.5. The Morgan fingerprint density at radius 1 is 1.41 bits per heavy atom. The number of carbonyl (C=O) groups is 1. The average molecular weight is 274 g/mol. The summed E-state index contributed by atoms with van der Waals surface area (Å²) >= 11 is 11.7. The Balaban J connectivity index is 1.76. The largest absolute Gasteiger partial charge is 0.491 e. The first-order valence-corrected chi connectivity index (χ1v) is 6.28. The van der Waals surface area contributed by atoms with Crippen molar-refractivity contribution in [2.45, 2.75) is 25.3 Å². The predicted molar refractivity (Wildman–Crippen MR) is 67.7 cm³/mol. The Kier molecular flexibility index (Phi) is 4.13. The third kappa shape index (κ3) is 4.10. The summed E-state index contributed by atoms with van der Waals surface area (Å²) in [4.78, 5) is 11.4. The van der Waals surface area contributed by atoms with Crippen LogP contribution < -0.4 is 10.1 Å².